The molecule has 0 heterocycles. The Morgan fingerprint density at radius 3 is 1.64 bits per heavy atom. The standard InChI is InChI=1S/C22H23O5P/c1-18-8-12-21(13-9-18)26-28(23,27-22-14-10-19(2)11-15-22)25-17-16-24-20-6-4-3-5-7-20/h3-15H,16-17H2,1-2H3. The van der Waals surface area contributed by atoms with Crippen LogP contribution >= 0.6 is 7.82 Å². The molecule has 3 aromatic carbocycles. The fourth-order valence-corrected chi connectivity index (χ4v) is 3.55. The van der Waals surface area contributed by atoms with Gasteiger partial charge in [-0.2, -0.15) is 0 Å². The van der Waals surface area contributed by atoms with Gasteiger partial charge in [0.2, 0.25) is 0 Å². The third-order valence-electron chi connectivity index (χ3n) is 3.82. The predicted molar refractivity (Wildman–Crippen MR) is 109 cm³/mol. The SMILES string of the molecule is Cc1ccc(OP(=O)(OCCOc2ccccc2)Oc2ccc(C)cc2)cc1. The number of para-hydroxylation sites is 1. The van der Waals surface area contributed by atoms with Crippen molar-refractivity contribution in [1.29, 1.82) is 0 Å². The molecule has 0 aliphatic carbocycles. The lowest BCUT2D eigenvalue weighted by Crippen LogP contribution is -2.11. The Labute approximate surface area is 165 Å². The molecule has 146 valence electrons. The van der Waals surface area contributed by atoms with Crippen molar-refractivity contribution in [2.24, 2.45) is 0 Å². The van der Waals surface area contributed by atoms with Crippen molar-refractivity contribution in [3.63, 3.8) is 0 Å². The summed E-state index contributed by atoms with van der Waals surface area (Å²) in [6.45, 7) is 4.18. The van der Waals surface area contributed by atoms with Gasteiger partial charge in [-0.05, 0) is 50.2 Å². The molecule has 0 atom stereocenters. The minimum Gasteiger partial charge on any atom is -0.491 e. The third-order valence-corrected chi connectivity index (χ3v) is 5.19. The fraction of sp³-hybridized carbons (Fsp3) is 0.182. The van der Waals surface area contributed by atoms with Gasteiger partial charge in [-0.1, -0.05) is 53.6 Å². The van der Waals surface area contributed by atoms with Crippen molar-refractivity contribution in [3.8, 4) is 17.2 Å². The summed E-state index contributed by atoms with van der Waals surface area (Å²) in [5.41, 5.74) is 2.14. The first-order valence-corrected chi connectivity index (χ1v) is 10.4. The van der Waals surface area contributed by atoms with E-state index in [2.05, 4.69) is 0 Å². The van der Waals surface area contributed by atoms with Gasteiger partial charge >= 0.3 is 7.82 Å². The molecule has 0 N–H and O–H groups in total. The highest BCUT2D eigenvalue weighted by Crippen LogP contribution is 2.49. The number of hydrogen-bond donors (Lipinski definition) is 0. The third kappa shape index (κ3) is 6.15. The molecule has 28 heavy (non-hydrogen) atoms. The number of phosphoric ester groups is 1. The van der Waals surface area contributed by atoms with Crippen LogP contribution in [0, 0.1) is 13.8 Å². The normalized spacial score (nSPS) is 11.1. The molecule has 3 aromatic rings. The van der Waals surface area contributed by atoms with E-state index in [-0.39, 0.29) is 13.2 Å². The van der Waals surface area contributed by atoms with Gasteiger partial charge in [0.25, 0.3) is 0 Å². The number of ether oxygens (including phenoxy) is 1. The molecule has 0 aliphatic heterocycles. The second-order valence-corrected chi connectivity index (χ2v) is 7.77. The highest BCUT2D eigenvalue weighted by atomic mass is 31.2. The van der Waals surface area contributed by atoms with Gasteiger partial charge in [0.1, 0.15) is 23.9 Å². The molecule has 0 spiro atoms. The van der Waals surface area contributed by atoms with Crippen LogP contribution in [0.15, 0.2) is 78.9 Å². The predicted octanol–water partition coefficient (Wildman–Crippen LogP) is 5.96. The zero-order valence-electron chi connectivity index (χ0n) is 15.9. The molecule has 0 saturated heterocycles. The van der Waals surface area contributed by atoms with E-state index >= 15 is 0 Å². The van der Waals surface area contributed by atoms with Crippen LogP contribution in [0.25, 0.3) is 0 Å². The van der Waals surface area contributed by atoms with Crippen LogP contribution < -0.4 is 13.8 Å². The van der Waals surface area contributed by atoms with Crippen molar-refractivity contribution in [3.05, 3.63) is 90.0 Å². The largest absolute Gasteiger partial charge is 0.587 e. The second kappa shape index (κ2) is 9.45. The molecule has 6 heteroatoms. The maximum Gasteiger partial charge on any atom is 0.587 e. The second-order valence-electron chi connectivity index (χ2n) is 6.25. The first kappa shape index (κ1) is 20.0. The molecule has 0 aliphatic rings. The lowest BCUT2D eigenvalue weighted by Gasteiger charge is -2.19. The maximum atomic E-state index is 13.2. The van der Waals surface area contributed by atoms with Crippen LogP contribution in [0.5, 0.6) is 17.2 Å². The fourth-order valence-electron chi connectivity index (χ4n) is 2.35. The van der Waals surface area contributed by atoms with Crippen LogP contribution in [0.4, 0.5) is 0 Å². The highest BCUT2D eigenvalue weighted by molar-refractivity contribution is 7.49. The Kier molecular flexibility index (Phi) is 6.75. The van der Waals surface area contributed by atoms with Crippen molar-refractivity contribution < 1.29 is 22.9 Å². The molecule has 0 unspecified atom stereocenters. The Hall–Kier alpha value is -2.75. The number of hydrogen-bond acceptors (Lipinski definition) is 5. The van der Waals surface area contributed by atoms with Gasteiger partial charge in [0.15, 0.2) is 0 Å². The Bertz CT molecular complexity index is 856. The van der Waals surface area contributed by atoms with Gasteiger partial charge in [0.05, 0.1) is 6.61 Å². The Balaban J connectivity index is 1.66. The topological polar surface area (TPSA) is 54.0 Å². The van der Waals surface area contributed by atoms with Crippen LogP contribution in [0.1, 0.15) is 11.1 Å². The van der Waals surface area contributed by atoms with E-state index in [0.717, 1.165) is 11.1 Å². The highest BCUT2D eigenvalue weighted by Gasteiger charge is 2.31. The van der Waals surface area contributed by atoms with Gasteiger partial charge in [-0.25, -0.2) is 4.57 Å². The Morgan fingerprint density at radius 2 is 1.14 bits per heavy atom. The summed E-state index contributed by atoms with van der Waals surface area (Å²) in [5.74, 6) is 1.52. The Morgan fingerprint density at radius 1 is 0.643 bits per heavy atom. The van der Waals surface area contributed by atoms with Crippen LogP contribution in [-0.4, -0.2) is 13.2 Å². The molecule has 0 saturated carbocycles. The van der Waals surface area contributed by atoms with E-state index in [1.165, 1.54) is 0 Å². The van der Waals surface area contributed by atoms with E-state index in [1.807, 2.05) is 68.4 Å². The zero-order valence-corrected chi connectivity index (χ0v) is 16.8. The lowest BCUT2D eigenvalue weighted by atomic mass is 10.2. The molecule has 0 bridgehead atoms. The average molecular weight is 398 g/mol. The quantitative estimate of drug-likeness (QED) is 0.329. The molecule has 0 fully saturated rings. The molecule has 5 nitrogen and oxygen atoms in total. The summed E-state index contributed by atoms with van der Waals surface area (Å²) in [6, 6.07) is 23.7. The first-order chi connectivity index (χ1) is 13.5. The number of benzene rings is 3. The molecule has 0 radical (unpaired) electrons. The van der Waals surface area contributed by atoms with Crippen molar-refractivity contribution in [2.45, 2.75) is 13.8 Å². The summed E-state index contributed by atoms with van der Waals surface area (Å²) in [7, 11) is -3.89. The van der Waals surface area contributed by atoms with E-state index in [9.17, 15) is 4.57 Å². The van der Waals surface area contributed by atoms with Crippen molar-refractivity contribution in [1.82, 2.24) is 0 Å². The lowest BCUT2D eigenvalue weighted by molar-refractivity contribution is 0.169. The van der Waals surface area contributed by atoms with E-state index in [4.69, 9.17) is 18.3 Å². The number of phosphoric acid groups is 1. The summed E-state index contributed by atoms with van der Waals surface area (Å²) < 4.78 is 35.5. The summed E-state index contributed by atoms with van der Waals surface area (Å²) in [4.78, 5) is 0. The van der Waals surface area contributed by atoms with Gasteiger partial charge in [0, 0.05) is 0 Å². The molecular formula is C22H23O5P. The van der Waals surface area contributed by atoms with E-state index < -0.39 is 7.82 Å². The molecule has 0 aromatic heterocycles. The summed E-state index contributed by atoms with van der Waals surface area (Å²) >= 11 is 0. The molecule has 3 rings (SSSR count). The minimum absolute atomic E-state index is 0.0455. The maximum absolute atomic E-state index is 13.2. The minimum atomic E-state index is -3.89. The van der Waals surface area contributed by atoms with Crippen molar-refractivity contribution in [2.75, 3.05) is 13.2 Å². The van der Waals surface area contributed by atoms with Gasteiger partial charge in [-0.3, -0.25) is 4.52 Å². The molecule has 0 amide bonds. The zero-order chi connectivity index (χ0) is 19.8. The van der Waals surface area contributed by atoms with Crippen molar-refractivity contribution >= 4 is 7.82 Å². The van der Waals surface area contributed by atoms with E-state index in [0.29, 0.717) is 17.2 Å². The average Bonchev–Trinajstić information content (AvgIpc) is 2.70. The first-order valence-electron chi connectivity index (χ1n) is 8.97. The van der Waals surface area contributed by atoms with Crippen LogP contribution in [0.2, 0.25) is 0 Å². The number of aryl methyl sites for hydroxylation is 2. The number of rotatable bonds is 9. The van der Waals surface area contributed by atoms with Gasteiger partial charge < -0.3 is 13.8 Å². The van der Waals surface area contributed by atoms with Crippen LogP contribution in [0.3, 0.4) is 0 Å². The smallest absolute Gasteiger partial charge is 0.491 e. The summed E-state index contributed by atoms with van der Waals surface area (Å²) in [6.07, 6.45) is 0. The van der Waals surface area contributed by atoms with E-state index in [1.54, 1.807) is 24.3 Å². The van der Waals surface area contributed by atoms with Gasteiger partial charge in [-0.15, -0.1) is 0 Å². The van der Waals surface area contributed by atoms with Crippen LogP contribution in [-0.2, 0) is 9.09 Å². The molecular weight excluding hydrogens is 375 g/mol. The summed E-state index contributed by atoms with van der Waals surface area (Å²) in [5, 5.41) is 0. The monoisotopic (exact) mass is 398 g/mol.